The van der Waals surface area contributed by atoms with Crippen molar-refractivity contribution in [3.63, 3.8) is 0 Å². The van der Waals surface area contributed by atoms with Crippen LogP contribution in [-0.4, -0.2) is 4.92 Å². The Hall–Kier alpha value is -2.42. The molecule has 0 spiro atoms. The lowest BCUT2D eigenvalue weighted by Gasteiger charge is -2.15. The van der Waals surface area contributed by atoms with E-state index >= 15 is 0 Å². The summed E-state index contributed by atoms with van der Waals surface area (Å²) in [4.78, 5) is 10.4. The summed E-state index contributed by atoms with van der Waals surface area (Å²) in [6.07, 6.45) is 2.20. The molecule has 1 atom stereocenters. The fourth-order valence-corrected chi connectivity index (χ4v) is 2.88. The number of allylic oxidation sites excluding steroid dienone is 1. The summed E-state index contributed by atoms with van der Waals surface area (Å²) < 4.78 is 0. The van der Waals surface area contributed by atoms with Crippen molar-refractivity contribution >= 4 is 11.8 Å². The smallest absolute Gasteiger partial charge is 0.258 e. The summed E-state index contributed by atoms with van der Waals surface area (Å²) in [6, 6.07) is 13.3. The van der Waals surface area contributed by atoms with Crippen LogP contribution in [0.25, 0.3) is 6.08 Å². The molecule has 20 heavy (non-hydrogen) atoms. The Bertz CT molecular complexity index is 714. The molecule has 3 nitrogen and oxygen atoms in total. The fourth-order valence-electron chi connectivity index (χ4n) is 2.88. The Morgan fingerprint density at radius 1 is 1.05 bits per heavy atom. The van der Waals surface area contributed by atoms with Crippen molar-refractivity contribution in [2.75, 3.05) is 0 Å². The molecule has 3 heteroatoms. The van der Waals surface area contributed by atoms with Gasteiger partial charge in [0.25, 0.3) is 5.69 Å². The average Bonchev–Trinajstić information content (AvgIpc) is 2.74. The summed E-state index contributed by atoms with van der Waals surface area (Å²) in [5.41, 5.74) is 6.29. The minimum Gasteiger partial charge on any atom is -0.258 e. The van der Waals surface area contributed by atoms with Gasteiger partial charge in [0.1, 0.15) is 0 Å². The van der Waals surface area contributed by atoms with Gasteiger partial charge in [0.2, 0.25) is 0 Å². The number of hydrogen-bond acceptors (Lipinski definition) is 2. The molecule has 0 radical (unpaired) electrons. The van der Waals surface area contributed by atoms with Crippen LogP contribution >= 0.6 is 0 Å². The Morgan fingerprint density at radius 2 is 1.75 bits per heavy atom. The molecule has 0 saturated carbocycles. The zero-order chi connectivity index (χ0) is 14.3. The maximum atomic E-state index is 10.7. The van der Waals surface area contributed by atoms with Gasteiger partial charge in [-0.15, -0.1) is 0 Å². The van der Waals surface area contributed by atoms with Crippen molar-refractivity contribution in [1.82, 2.24) is 0 Å². The summed E-state index contributed by atoms with van der Waals surface area (Å²) in [6.45, 7) is 4.20. The molecule has 0 fully saturated rings. The predicted molar refractivity (Wildman–Crippen MR) is 79.8 cm³/mol. The van der Waals surface area contributed by atoms with Crippen LogP contribution < -0.4 is 0 Å². The van der Waals surface area contributed by atoms with E-state index in [1.165, 1.54) is 22.3 Å². The molecule has 0 N–H and O–H groups in total. The van der Waals surface area contributed by atoms with E-state index in [4.69, 9.17) is 0 Å². The Labute approximate surface area is 117 Å². The first kappa shape index (κ1) is 12.6. The molecule has 1 unspecified atom stereocenters. The molecular weight excluding hydrogens is 250 g/mol. The highest BCUT2D eigenvalue weighted by atomic mass is 16.6. The van der Waals surface area contributed by atoms with E-state index in [1.54, 1.807) is 12.1 Å². The van der Waals surface area contributed by atoms with Crippen LogP contribution in [-0.2, 0) is 0 Å². The SMILES string of the molecule is CC1=Cc2ccc(C)cc2C1c1ccc([N+](=O)[O-])cc1. The summed E-state index contributed by atoms with van der Waals surface area (Å²) >= 11 is 0. The van der Waals surface area contributed by atoms with E-state index in [0.717, 1.165) is 5.56 Å². The second-order valence-corrected chi connectivity index (χ2v) is 5.30. The van der Waals surface area contributed by atoms with Crippen LogP contribution in [0.2, 0.25) is 0 Å². The number of benzene rings is 2. The van der Waals surface area contributed by atoms with E-state index in [1.807, 2.05) is 12.1 Å². The number of nitro groups is 1. The van der Waals surface area contributed by atoms with Crippen molar-refractivity contribution < 1.29 is 4.92 Å². The molecule has 1 aliphatic rings. The third-order valence-electron chi connectivity index (χ3n) is 3.83. The molecule has 0 bridgehead atoms. The number of non-ortho nitro benzene ring substituents is 1. The molecule has 0 saturated heterocycles. The lowest BCUT2D eigenvalue weighted by atomic mass is 9.88. The number of hydrogen-bond donors (Lipinski definition) is 0. The second kappa shape index (κ2) is 4.60. The van der Waals surface area contributed by atoms with Crippen molar-refractivity contribution in [1.29, 1.82) is 0 Å². The first-order valence-electron chi connectivity index (χ1n) is 6.59. The van der Waals surface area contributed by atoms with Crippen LogP contribution in [0, 0.1) is 17.0 Å². The molecular formula is C17H15NO2. The third-order valence-corrected chi connectivity index (χ3v) is 3.83. The Balaban J connectivity index is 2.05. The minimum absolute atomic E-state index is 0.137. The second-order valence-electron chi connectivity index (χ2n) is 5.30. The van der Waals surface area contributed by atoms with Gasteiger partial charge in [-0.2, -0.15) is 0 Å². The highest BCUT2D eigenvalue weighted by Crippen LogP contribution is 2.41. The van der Waals surface area contributed by atoms with Crippen molar-refractivity contribution in [3.05, 3.63) is 80.4 Å². The quantitative estimate of drug-likeness (QED) is 0.594. The van der Waals surface area contributed by atoms with Crippen molar-refractivity contribution in [3.8, 4) is 0 Å². The normalized spacial score (nSPS) is 16.7. The summed E-state index contributed by atoms with van der Waals surface area (Å²) in [5.74, 6) is 0.214. The van der Waals surface area contributed by atoms with Gasteiger partial charge in [0.15, 0.2) is 0 Å². The summed E-state index contributed by atoms with van der Waals surface area (Å²) in [7, 11) is 0. The van der Waals surface area contributed by atoms with E-state index < -0.39 is 0 Å². The van der Waals surface area contributed by atoms with Crippen LogP contribution in [0.3, 0.4) is 0 Å². The van der Waals surface area contributed by atoms with E-state index in [2.05, 4.69) is 38.1 Å². The number of nitrogens with zero attached hydrogens (tertiary/aromatic N) is 1. The number of nitro benzene ring substituents is 1. The maximum Gasteiger partial charge on any atom is 0.269 e. The minimum atomic E-state index is -0.362. The van der Waals surface area contributed by atoms with Crippen LogP contribution in [0.5, 0.6) is 0 Å². The first-order chi connectivity index (χ1) is 9.56. The van der Waals surface area contributed by atoms with Gasteiger partial charge in [-0.05, 0) is 30.5 Å². The molecule has 1 aliphatic carbocycles. The highest BCUT2D eigenvalue weighted by molar-refractivity contribution is 5.69. The summed E-state index contributed by atoms with van der Waals surface area (Å²) in [5, 5.41) is 10.7. The molecule has 2 aromatic carbocycles. The Kier molecular flexibility index (Phi) is 2.90. The van der Waals surface area contributed by atoms with Crippen LogP contribution in [0.1, 0.15) is 35.1 Å². The van der Waals surface area contributed by atoms with E-state index in [9.17, 15) is 10.1 Å². The average molecular weight is 265 g/mol. The predicted octanol–water partition coefficient (Wildman–Crippen LogP) is 4.45. The standard InChI is InChI=1S/C17H15NO2/c1-11-3-4-14-10-12(2)17(16(14)9-11)13-5-7-15(8-6-13)18(19)20/h3-10,17H,1-2H3. The molecule has 100 valence electrons. The Morgan fingerprint density at radius 3 is 2.40 bits per heavy atom. The monoisotopic (exact) mass is 265 g/mol. The van der Waals surface area contributed by atoms with Gasteiger partial charge in [-0.25, -0.2) is 0 Å². The molecule has 3 rings (SSSR count). The van der Waals surface area contributed by atoms with Gasteiger partial charge in [-0.3, -0.25) is 10.1 Å². The maximum absolute atomic E-state index is 10.7. The first-order valence-corrected chi connectivity index (χ1v) is 6.59. The lowest BCUT2D eigenvalue weighted by Crippen LogP contribution is -2.00. The molecule has 2 aromatic rings. The lowest BCUT2D eigenvalue weighted by molar-refractivity contribution is -0.384. The molecule has 0 amide bonds. The third kappa shape index (κ3) is 2.01. The van der Waals surface area contributed by atoms with Gasteiger partial charge >= 0.3 is 0 Å². The number of rotatable bonds is 2. The largest absolute Gasteiger partial charge is 0.269 e. The van der Waals surface area contributed by atoms with Crippen LogP contribution in [0.4, 0.5) is 5.69 Å². The van der Waals surface area contributed by atoms with Crippen molar-refractivity contribution in [2.45, 2.75) is 19.8 Å². The molecule has 0 heterocycles. The van der Waals surface area contributed by atoms with Gasteiger partial charge in [0, 0.05) is 18.1 Å². The molecule has 0 aromatic heterocycles. The van der Waals surface area contributed by atoms with Gasteiger partial charge in [-0.1, -0.05) is 47.5 Å². The van der Waals surface area contributed by atoms with E-state index in [-0.39, 0.29) is 16.5 Å². The highest BCUT2D eigenvalue weighted by Gasteiger charge is 2.24. The van der Waals surface area contributed by atoms with E-state index in [0.29, 0.717) is 0 Å². The fraction of sp³-hybridized carbons (Fsp3) is 0.176. The number of fused-ring (bicyclic) bond motifs is 1. The van der Waals surface area contributed by atoms with Crippen LogP contribution in [0.15, 0.2) is 48.0 Å². The van der Waals surface area contributed by atoms with Gasteiger partial charge < -0.3 is 0 Å². The van der Waals surface area contributed by atoms with Crippen molar-refractivity contribution in [2.24, 2.45) is 0 Å². The zero-order valence-electron chi connectivity index (χ0n) is 11.5. The zero-order valence-corrected chi connectivity index (χ0v) is 11.5. The van der Waals surface area contributed by atoms with Gasteiger partial charge in [0.05, 0.1) is 4.92 Å². The molecule has 0 aliphatic heterocycles. The topological polar surface area (TPSA) is 43.1 Å². The number of aryl methyl sites for hydroxylation is 1.